The van der Waals surface area contributed by atoms with Crippen molar-refractivity contribution >= 4 is 13.3 Å². The summed E-state index contributed by atoms with van der Waals surface area (Å²) in [6, 6.07) is 23.2. The highest BCUT2D eigenvalue weighted by molar-refractivity contribution is 6.89. The summed E-state index contributed by atoms with van der Waals surface area (Å²) in [5.74, 6) is 0.718. The fourth-order valence-electron chi connectivity index (χ4n) is 7.11. The van der Waals surface area contributed by atoms with Crippen LogP contribution in [0.15, 0.2) is 78.9 Å². The summed E-state index contributed by atoms with van der Waals surface area (Å²) >= 11 is 0. The van der Waals surface area contributed by atoms with Crippen LogP contribution in [0.3, 0.4) is 0 Å². The molecule has 0 radical (unpaired) electrons. The van der Waals surface area contributed by atoms with Gasteiger partial charge in [0.1, 0.15) is 0 Å². The summed E-state index contributed by atoms with van der Waals surface area (Å²) in [6.45, 7) is 9.23. The van der Waals surface area contributed by atoms with Crippen LogP contribution in [0.25, 0.3) is 0 Å². The summed E-state index contributed by atoms with van der Waals surface area (Å²) in [4.78, 5) is 2.60. The first-order valence-electron chi connectivity index (χ1n) is 13.1. The third kappa shape index (κ3) is 3.00. The number of benzene rings is 3. The molecule has 1 unspecified atom stereocenters. The zero-order valence-electron chi connectivity index (χ0n) is 21.2. The van der Waals surface area contributed by atoms with Crippen molar-refractivity contribution in [3.8, 4) is 11.5 Å². The zero-order chi connectivity index (χ0) is 24.7. The van der Waals surface area contributed by atoms with Crippen molar-refractivity contribution in [1.29, 1.82) is 0 Å². The van der Waals surface area contributed by atoms with Crippen LogP contribution in [-0.4, -0.2) is 36.8 Å². The van der Waals surface area contributed by atoms with Gasteiger partial charge in [0.05, 0.1) is 14.2 Å². The smallest absolute Gasteiger partial charge is 0.305 e. The summed E-state index contributed by atoms with van der Waals surface area (Å²) in [7, 11) is -1.70. The Kier molecular flexibility index (Phi) is 4.70. The second-order valence-corrected chi connectivity index (χ2v) is 16.9. The van der Waals surface area contributed by atoms with E-state index in [1.807, 2.05) is 42.5 Å². The second kappa shape index (κ2) is 7.57. The third-order valence-electron chi connectivity index (χ3n) is 8.72. The number of aliphatic hydroxyl groups is 1. The molecule has 1 saturated heterocycles. The summed E-state index contributed by atoms with van der Waals surface area (Å²) in [5.41, 5.74) is 4.57. The van der Waals surface area contributed by atoms with E-state index in [2.05, 4.69) is 60.9 Å². The van der Waals surface area contributed by atoms with Gasteiger partial charge in [0.2, 0.25) is 0 Å². The molecule has 4 nitrogen and oxygen atoms in total. The largest absolute Gasteiger partial charge is 0.440 e. The molecule has 4 aliphatic rings. The van der Waals surface area contributed by atoms with E-state index in [1.165, 1.54) is 16.3 Å². The molecule has 0 saturated carbocycles. The van der Waals surface area contributed by atoms with Gasteiger partial charge in [0.15, 0.2) is 11.5 Å². The van der Waals surface area contributed by atoms with Crippen molar-refractivity contribution in [2.75, 3.05) is 6.54 Å². The van der Waals surface area contributed by atoms with Gasteiger partial charge in [-0.1, -0.05) is 97.6 Å². The van der Waals surface area contributed by atoms with Crippen molar-refractivity contribution in [2.45, 2.75) is 62.4 Å². The molecular weight excluding hydrogens is 462 g/mol. The summed E-state index contributed by atoms with van der Waals surface area (Å²) in [6.07, 6.45) is 5.74. The highest BCUT2D eigenvalue weighted by Crippen LogP contribution is 2.59. The normalized spacial score (nSPS) is 29.1. The van der Waals surface area contributed by atoms with Crippen molar-refractivity contribution in [2.24, 2.45) is 0 Å². The van der Waals surface area contributed by atoms with Crippen LogP contribution in [0.1, 0.15) is 35.1 Å². The fourth-order valence-corrected chi connectivity index (χ4v) is 8.78. The number of fused-ring (bicyclic) bond motifs is 3. The SMILES string of the molecule is C[Si](C)(C)c1cc2c(c3c1CN1CC[C@@]34C=C[C@@H](O)C[C@H]14)OC(c1ccccc1)(c1ccccc1)O2. The molecule has 1 fully saturated rings. The molecule has 36 heavy (non-hydrogen) atoms. The van der Waals surface area contributed by atoms with Crippen LogP contribution in [-0.2, 0) is 17.7 Å². The Labute approximate surface area is 214 Å². The Morgan fingerprint density at radius 3 is 2.25 bits per heavy atom. The van der Waals surface area contributed by atoms with E-state index in [4.69, 9.17) is 9.47 Å². The van der Waals surface area contributed by atoms with Gasteiger partial charge in [0, 0.05) is 41.2 Å². The van der Waals surface area contributed by atoms with Crippen molar-refractivity contribution in [3.05, 3.63) is 101 Å². The van der Waals surface area contributed by atoms with Crippen LogP contribution in [0.5, 0.6) is 11.5 Å². The van der Waals surface area contributed by atoms with Gasteiger partial charge in [-0.05, 0) is 24.5 Å². The van der Waals surface area contributed by atoms with Crippen molar-refractivity contribution in [1.82, 2.24) is 4.90 Å². The molecule has 3 aromatic carbocycles. The molecule has 1 N–H and O–H groups in total. The molecule has 2 bridgehead atoms. The molecule has 0 spiro atoms. The lowest BCUT2D eigenvalue weighted by molar-refractivity contribution is -0.0468. The van der Waals surface area contributed by atoms with Gasteiger partial charge >= 0.3 is 5.79 Å². The maximum Gasteiger partial charge on any atom is 0.305 e. The first kappa shape index (κ1) is 22.3. The van der Waals surface area contributed by atoms with Gasteiger partial charge in [0.25, 0.3) is 0 Å². The first-order valence-corrected chi connectivity index (χ1v) is 16.6. The maximum atomic E-state index is 10.6. The van der Waals surface area contributed by atoms with E-state index in [9.17, 15) is 5.11 Å². The molecule has 184 valence electrons. The standard InChI is InChI=1S/C31H33NO3Si/c1-36(2,3)26-19-25-29(28-24(26)20-32-17-16-30(28)15-14-23(33)18-27(30)32)35-31(34-25,21-10-6-4-7-11-21)22-12-8-5-9-13-22/h4-15,19,23,27,33H,16-18,20H2,1-3H3/t23-,27+,30-/m1/s1. The molecular formula is C31H33NO3Si. The lowest BCUT2D eigenvalue weighted by Gasteiger charge is -2.46. The predicted octanol–water partition coefficient (Wildman–Crippen LogP) is 5.05. The lowest BCUT2D eigenvalue weighted by atomic mass is 9.66. The monoisotopic (exact) mass is 495 g/mol. The molecule has 5 heteroatoms. The molecule has 3 heterocycles. The number of nitrogens with zero attached hydrogens (tertiary/aromatic N) is 1. The minimum Gasteiger partial charge on any atom is -0.440 e. The summed E-state index contributed by atoms with van der Waals surface area (Å²) < 4.78 is 14.1. The Morgan fingerprint density at radius 1 is 0.944 bits per heavy atom. The average molecular weight is 496 g/mol. The Morgan fingerprint density at radius 2 is 1.61 bits per heavy atom. The topological polar surface area (TPSA) is 41.9 Å². The molecule has 0 amide bonds. The second-order valence-electron chi connectivity index (χ2n) is 11.8. The van der Waals surface area contributed by atoms with E-state index in [0.717, 1.165) is 48.6 Å². The molecule has 3 aromatic rings. The quantitative estimate of drug-likeness (QED) is 0.408. The van der Waals surface area contributed by atoms with Gasteiger partial charge in [-0.2, -0.15) is 0 Å². The minimum atomic E-state index is -1.70. The lowest BCUT2D eigenvalue weighted by Crippen LogP contribution is -2.53. The fraction of sp³-hybridized carbons (Fsp3) is 0.355. The van der Waals surface area contributed by atoms with Crippen LogP contribution >= 0.6 is 0 Å². The van der Waals surface area contributed by atoms with Crippen molar-refractivity contribution in [3.63, 3.8) is 0 Å². The number of hydrogen-bond acceptors (Lipinski definition) is 4. The molecule has 3 aliphatic heterocycles. The Bertz CT molecular complexity index is 1320. The van der Waals surface area contributed by atoms with Gasteiger partial charge in [-0.25, -0.2) is 0 Å². The number of rotatable bonds is 3. The van der Waals surface area contributed by atoms with E-state index in [0.29, 0.717) is 0 Å². The molecule has 1 aliphatic carbocycles. The van der Waals surface area contributed by atoms with Crippen molar-refractivity contribution < 1.29 is 14.6 Å². The van der Waals surface area contributed by atoms with Crippen LogP contribution in [0.2, 0.25) is 19.6 Å². The molecule has 7 rings (SSSR count). The van der Waals surface area contributed by atoms with Gasteiger partial charge < -0.3 is 14.6 Å². The van der Waals surface area contributed by atoms with E-state index < -0.39 is 13.9 Å². The molecule has 4 atom stereocenters. The highest BCUT2D eigenvalue weighted by atomic mass is 28.3. The average Bonchev–Trinajstić information content (AvgIpc) is 3.39. The molecule has 0 aromatic heterocycles. The number of hydrogen-bond donors (Lipinski definition) is 1. The number of aliphatic hydroxyl groups excluding tert-OH is 1. The van der Waals surface area contributed by atoms with Crippen LogP contribution < -0.4 is 14.7 Å². The van der Waals surface area contributed by atoms with E-state index in [-0.39, 0.29) is 17.6 Å². The van der Waals surface area contributed by atoms with Crippen LogP contribution in [0.4, 0.5) is 0 Å². The van der Waals surface area contributed by atoms with Gasteiger partial charge in [-0.3, -0.25) is 4.90 Å². The zero-order valence-corrected chi connectivity index (χ0v) is 22.2. The minimum absolute atomic E-state index is 0.153. The van der Waals surface area contributed by atoms with Crippen LogP contribution in [0, 0.1) is 0 Å². The highest BCUT2D eigenvalue weighted by Gasteiger charge is 2.58. The first-order chi connectivity index (χ1) is 17.3. The maximum absolute atomic E-state index is 10.6. The predicted molar refractivity (Wildman–Crippen MR) is 145 cm³/mol. The van der Waals surface area contributed by atoms with E-state index >= 15 is 0 Å². The Balaban J connectivity index is 1.51. The number of ether oxygens (including phenoxy) is 2. The third-order valence-corrected chi connectivity index (χ3v) is 10.8. The van der Waals surface area contributed by atoms with E-state index in [1.54, 1.807) is 0 Å². The van der Waals surface area contributed by atoms with Gasteiger partial charge in [-0.15, -0.1) is 0 Å². The Hall–Kier alpha value is -2.86. The summed E-state index contributed by atoms with van der Waals surface area (Å²) in [5, 5.41) is 12.0.